The molecule has 4 rings (SSSR count). The van der Waals surface area contributed by atoms with E-state index >= 15 is 0 Å². The highest BCUT2D eigenvalue weighted by Crippen LogP contribution is 2.36. The molecule has 1 aliphatic heterocycles. The van der Waals surface area contributed by atoms with Crippen LogP contribution >= 0.6 is 0 Å². The summed E-state index contributed by atoms with van der Waals surface area (Å²) in [4.78, 5) is 13.4. The Balaban J connectivity index is 1.60. The molecule has 2 heterocycles. The second-order valence-corrected chi connectivity index (χ2v) is 8.22. The molecular formula is C25H31N5O2. The molecule has 1 fully saturated rings. The van der Waals surface area contributed by atoms with Gasteiger partial charge in [-0.15, -0.1) is 6.58 Å². The first kappa shape index (κ1) is 21.9. The molecule has 0 radical (unpaired) electrons. The van der Waals surface area contributed by atoms with Gasteiger partial charge >= 0.3 is 0 Å². The van der Waals surface area contributed by atoms with E-state index in [0.29, 0.717) is 5.75 Å². The SMILES string of the molecule is C=CCN1CCC(Oc2cc3c(Nc4cccc(N(C)C)c4)ncnc3cc2OC)CC1. The number of fused-ring (bicyclic) bond motifs is 1. The van der Waals surface area contributed by atoms with E-state index in [4.69, 9.17) is 9.47 Å². The minimum atomic E-state index is 0.153. The highest BCUT2D eigenvalue weighted by atomic mass is 16.5. The largest absolute Gasteiger partial charge is 0.493 e. The van der Waals surface area contributed by atoms with Crippen LogP contribution < -0.4 is 19.7 Å². The van der Waals surface area contributed by atoms with Crippen molar-refractivity contribution < 1.29 is 9.47 Å². The van der Waals surface area contributed by atoms with Gasteiger partial charge in [-0.2, -0.15) is 0 Å². The summed E-state index contributed by atoms with van der Waals surface area (Å²) in [6.07, 6.45) is 5.62. The monoisotopic (exact) mass is 433 g/mol. The summed E-state index contributed by atoms with van der Waals surface area (Å²) in [6.45, 7) is 6.77. The van der Waals surface area contributed by atoms with Crippen molar-refractivity contribution in [2.45, 2.75) is 18.9 Å². The van der Waals surface area contributed by atoms with Crippen LogP contribution in [0.3, 0.4) is 0 Å². The van der Waals surface area contributed by atoms with Gasteiger partial charge in [0.1, 0.15) is 18.2 Å². The predicted molar refractivity (Wildman–Crippen MR) is 130 cm³/mol. The van der Waals surface area contributed by atoms with Gasteiger partial charge in [0, 0.05) is 56.6 Å². The molecule has 0 amide bonds. The molecule has 1 N–H and O–H groups in total. The number of nitrogens with one attached hydrogen (secondary N) is 1. The number of hydrogen-bond acceptors (Lipinski definition) is 7. The van der Waals surface area contributed by atoms with E-state index in [1.165, 1.54) is 0 Å². The highest BCUT2D eigenvalue weighted by Gasteiger charge is 2.22. The van der Waals surface area contributed by atoms with Crippen molar-refractivity contribution in [3.63, 3.8) is 0 Å². The molecule has 1 saturated heterocycles. The molecule has 0 unspecified atom stereocenters. The van der Waals surface area contributed by atoms with E-state index in [-0.39, 0.29) is 6.10 Å². The van der Waals surface area contributed by atoms with E-state index in [1.807, 2.05) is 44.4 Å². The number of anilines is 3. The summed E-state index contributed by atoms with van der Waals surface area (Å²) < 4.78 is 12.0. The minimum absolute atomic E-state index is 0.153. The molecule has 168 valence electrons. The summed E-state index contributed by atoms with van der Waals surface area (Å²) >= 11 is 0. The van der Waals surface area contributed by atoms with Crippen LogP contribution in [0.5, 0.6) is 11.5 Å². The Kier molecular flexibility index (Phi) is 6.75. The first-order chi connectivity index (χ1) is 15.6. The van der Waals surface area contributed by atoms with Crippen LogP contribution in [-0.2, 0) is 0 Å². The number of nitrogens with zero attached hydrogens (tertiary/aromatic N) is 4. The molecule has 0 spiro atoms. The lowest BCUT2D eigenvalue weighted by Gasteiger charge is -2.31. The lowest BCUT2D eigenvalue weighted by Crippen LogP contribution is -2.38. The van der Waals surface area contributed by atoms with Crippen molar-refractivity contribution in [1.82, 2.24) is 14.9 Å². The lowest BCUT2D eigenvalue weighted by atomic mass is 10.1. The fourth-order valence-electron chi connectivity index (χ4n) is 3.99. The summed E-state index contributed by atoms with van der Waals surface area (Å²) in [7, 11) is 5.71. The van der Waals surface area contributed by atoms with Crippen molar-refractivity contribution in [2.75, 3.05) is 51.1 Å². The van der Waals surface area contributed by atoms with Crippen LogP contribution in [0.4, 0.5) is 17.2 Å². The third kappa shape index (κ3) is 4.94. The third-order valence-electron chi connectivity index (χ3n) is 5.76. The zero-order valence-corrected chi connectivity index (χ0v) is 19.0. The average Bonchev–Trinajstić information content (AvgIpc) is 2.80. The summed E-state index contributed by atoms with van der Waals surface area (Å²) in [5.74, 6) is 2.14. The highest BCUT2D eigenvalue weighted by molar-refractivity contribution is 5.93. The normalized spacial score (nSPS) is 14.8. The number of aromatic nitrogens is 2. The summed E-state index contributed by atoms with van der Waals surface area (Å²) in [6, 6.07) is 12.1. The number of benzene rings is 2. The lowest BCUT2D eigenvalue weighted by molar-refractivity contribution is 0.104. The van der Waals surface area contributed by atoms with Crippen LogP contribution in [0.1, 0.15) is 12.8 Å². The Bertz CT molecular complexity index is 1080. The van der Waals surface area contributed by atoms with E-state index in [9.17, 15) is 0 Å². The summed E-state index contributed by atoms with van der Waals surface area (Å²) in [5.41, 5.74) is 2.88. The molecule has 1 aliphatic rings. The smallest absolute Gasteiger partial charge is 0.162 e. The van der Waals surface area contributed by atoms with Crippen LogP contribution in [0.2, 0.25) is 0 Å². The number of ether oxygens (including phenoxy) is 2. The maximum atomic E-state index is 6.40. The van der Waals surface area contributed by atoms with Gasteiger partial charge in [0.2, 0.25) is 0 Å². The molecule has 2 aromatic carbocycles. The number of likely N-dealkylation sites (tertiary alicyclic amines) is 1. The Hall–Kier alpha value is -3.32. The standard InChI is InChI=1S/C25H31N5O2/c1-5-11-30-12-9-20(10-13-30)32-24-15-21-22(16-23(24)31-4)26-17-27-25(21)28-18-7-6-8-19(14-18)29(2)3/h5-8,14-17,20H,1,9-13H2,2-4H3,(H,26,27,28). The zero-order chi connectivity index (χ0) is 22.5. The maximum absolute atomic E-state index is 6.40. The van der Waals surface area contributed by atoms with E-state index in [0.717, 1.165) is 66.3 Å². The van der Waals surface area contributed by atoms with Gasteiger partial charge in [-0.05, 0) is 37.1 Å². The van der Waals surface area contributed by atoms with E-state index in [2.05, 4.69) is 43.8 Å². The van der Waals surface area contributed by atoms with Gasteiger partial charge in [-0.25, -0.2) is 9.97 Å². The first-order valence-corrected chi connectivity index (χ1v) is 10.9. The van der Waals surface area contributed by atoms with Crippen molar-refractivity contribution >= 4 is 28.1 Å². The molecule has 7 heteroatoms. The maximum Gasteiger partial charge on any atom is 0.162 e. The fourth-order valence-corrected chi connectivity index (χ4v) is 3.99. The Morgan fingerprint density at radius 1 is 1.16 bits per heavy atom. The van der Waals surface area contributed by atoms with Gasteiger partial charge < -0.3 is 19.7 Å². The van der Waals surface area contributed by atoms with E-state index in [1.54, 1.807) is 13.4 Å². The molecule has 0 saturated carbocycles. The number of methoxy groups -OCH3 is 1. The van der Waals surface area contributed by atoms with Gasteiger partial charge in [-0.3, -0.25) is 4.90 Å². The zero-order valence-electron chi connectivity index (χ0n) is 19.0. The number of piperidine rings is 1. The first-order valence-electron chi connectivity index (χ1n) is 10.9. The fraction of sp³-hybridized carbons (Fsp3) is 0.360. The topological polar surface area (TPSA) is 62.8 Å². The van der Waals surface area contributed by atoms with Gasteiger partial charge in [0.05, 0.1) is 12.6 Å². The van der Waals surface area contributed by atoms with Crippen LogP contribution in [-0.4, -0.2) is 61.8 Å². The third-order valence-corrected chi connectivity index (χ3v) is 5.76. The Morgan fingerprint density at radius 3 is 2.69 bits per heavy atom. The molecule has 7 nitrogen and oxygen atoms in total. The second kappa shape index (κ2) is 9.87. The van der Waals surface area contributed by atoms with Gasteiger partial charge in [0.25, 0.3) is 0 Å². The second-order valence-electron chi connectivity index (χ2n) is 8.22. The number of hydrogen-bond donors (Lipinski definition) is 1. The molecule has 32 heavy (non-hydrogen) atoms. The minimum Gasteiger partial charge on any atom is -0.493 e. The molecule has 3 aromatic rings. The van der Waals surface area contributed by atoms with Crippen molar-refractivity contribution in [1.29, 1.82) is 0 Å². The Labute approximate surface area is 189 Å². The van der Waals surface area contributed by atoms with Crippen molar-refractivity contribution in [3.8, 4) is 11.5 Å². The average molecular weight is 434 g/mol. The molecular weight excluding hydrogens is 402 g/mol. The van der Waals surface area contributed by atoms with Crippen LogP contribution in [0, 0.1) is 0 Å². The molecule has 0 atom stereocenters. The van der Waals surface area contributed by atoms with Gasteiger partial charge in [-0.1, -0.05) is 12.1 Å². The van der Waals surface area contributed by atoms with Crippen LogP contribution in [0.15, 0.2) is 55.4 Å². The van der Waals surface area contributed by atoms with E-state index < -0.39 is 0 Å². The predicted octanol–water partition coefficient (Wildman–Crippen LogP) is 4.48. The number of rotatable bonds is 8. The van der Waals surface area contributed by atoms with Crippen molar-refractivity contribution in [2.24, 2.45) is 0 Å². The Morgan fingerprint density at radius 2 is 1.97 bits per heavy atom. The summed E-state index contributed by atoms with van der Waals surface area (Å²) in [5, 5.41) is 4.33. The van der Waals surface area contributed by atoms with Gasteiger partial charge in [0.15, 0.2) is 11.5 Å². The molecule has 0 aliphatic carbocycles. The molecule has 0 bridgehead atoms. The van der Waals surface area contributed by atoms with Crippen molar-refractivity contribution in [3.05, 3.63) is 55.4 Å². The van der Waals surface area contributed by atoms with Crippen LogP contribution in [0.25, 0.3) is 10.9 Å². The molecule has 1 aromatic heterocycles. The quantitative estimate of drug-likeness (QED) is 0.526.